The van der Waals surface area contributed by atoms with Crippen LogP contribution in [0.5, 0.6) is 0 Å². The van der Waals surface area contributed by atoms with Crippen molar-refractivity contribution in [2.75, 3.05) is 11.4 Å². The van der Waals surface area contributed by atoms with Gasteiger partial charge in [-0.05, 0) is 37.6 Å². The van der Waals surface area contributed by atoms with Crippen LogP contribution >= 0.6 is 0 Å². The van der Waals surface area contributed by atoms with E-state index in [0.717, 1.165) is 23.9 Å². The quantitative estimate of drug-likeness (QED) is 0.618. The van der Waals surface area contributed by atoms with Gasteiger partial charge >= 0.3 is 5.97 Å². The lowest BCUT2D eigenvalue weighted by atomic mass is 10.1. The fourth-order valence-electron chi connectivity index (χ4n) is 1.70. The van der Waals surface area contributed by atoms with Gasteiger partial charge in [0.15, 0.2) is 0 Å². The maximum Gasteiger partial charge on any atom is 0.328 e. The van der Waals surface area contributed by atoms with Crippen LogP contribution in [0, 0.1) is 0 Å². The molecule has 0 saturated carbocycles. The number of hydrogen-bond acceptors (Lipinski definition) is 2. The lowest BCUT2D eigenvalue weighted by Crippen LogP contribution is -2.30. The minimum atomic E-state index is -0.936. The highest BCUT2D eigenvalue weighted by atomic mass is 16.4. The number of carbonyl (C=O) groups is 1. The number of carboxylic acid groups (broad SMARTS) is 1. The molecule has 18 heavy (non-hydrogen) atoms. The van der Waals surface area contributed by atoms with E-state index < -0.39 is 5.97 Å². The molecule has 0 aliphatic carbocycles. The Labute approximate surface area is 108 Å². The number of carboxylic acids is 1. The fourth-order valence-corrected chi connectivity index (χ4v) is 1.70. The van der Waals surface area contributed by atoms with Crippen molar-refractivity contribution in [3.63, 3.8) is 0 Å². The summed E-state index contributed by atoms with van der Waals surface area (Å²) < 4.78 is 0. The predicted octanol–water partition coefficient (Wildman–Crippen LogP) is 3.19. The van der Waals surface area contributed by atoms with Crippen LogP contribution in [-0.4, -0.2) is 23.7 Å². The smallest absolute Gasteiger partial charge is 0.328 e. The van der Waals surface area contributed by atoms with Crippen molar-refractivity contribution < 1.29 is 9.90 Å². The molecule has 0 amide bonds. The average Bonchev–Trinajstić information content (AvgIpc) is 2.34. The summed E-state index contributed by atoms with van der Waals surface area (Å²) >= 11 is 0. The van der Waals surface area contributed by atoms with Crippen LogP contribution in [0.25, 0.3) is 6.08 Å². The van der Waals surface area contributed by atoms with Crippen LogP contribution in [0.15, 0.2) is 43.0 Å². The van der Waals surface area contributed by atoms with Crippen molar-refractivity contribution in [3.8, 4) is 0 Å². The Bertz CT molecular complexity index is 432. The third-order valence-electron chi connectivity index (χ3n) is 2.59. The van der Waals surface area contributed by atoms with E-state index in [1.165, 1.54) is 0 Å². The summed E-state index contributed by atoms with van der Waals surface area (Å²) in [4.78, 5) is 12.6. The number of benzene rings is 1. The first-order valence-electron chi connectivity index (χ1n) is 5.93. The number of nitrogens with zero attached hydrogens (tertiary/aromatic N) is 1. The van der Waals surface area contributed by atoms with Gasteiger partial charge in [-0.2, -0.15) is 0 Å². The minimum Gasteiger partial charge on any atom is -0.478 e. The van der Waals surface area contributed by atoms with Crippen LogP contribution in [0.1, 0.15) is 19.4 Å². The Morgan fingerprint density at radius 2 is 2.00 bits per heavy atom. The fraction of sp³-hybridized carbons (Fsp3) is 0.267. The Hall–Kier alpha value is -2.03. The van der Waals surface area contributed by atoms with Crippen molar-refractivity contribution in [1.82, 2.24) is 0 Å². The van der Waals surface area contributed by atoms with E-state index in [1.807, 2.05) is 30.3 Å². The Kier molecular flexibility index (Phi) is 5.18. The Morgan fingerprint density at radius 1 is 1.39 bits per heavy atom. The third kappa shape index (κ3) is 4.09. The zero-order valence-electron chi connectivity index (χ0n) is 10.8. The molecule has 3 heteroatoms. The molecule has 0 saturated heterocycles. The first-order chi connectivity index (χ1) is 8.54. The normalized spacial score (nSPS) is 10.8. The molecule has 1 rings (SSSR count). The molecule has 96 valence electrons. The van der Waals surface area contributed by atoms with Gasteiger partial charge in [0, 0.05) is 24.4 Å². The van der Waals surface area contributed by atoms with Crippen molar-refractivity contribution in [3.05, 3.63) is 48.6 Å². The van der Waals surface area contributed by atoms with Gasteiger partial charge < -0.3 is 10.0 Å². The molecule has 1 aromatic rings. The monoisotopic (exact) mass is 245 g/mol. The van der Waals surface area contributed by atoms with Crippen molar-refractivity contribution >= 4 is 17.7 Å². The topological polar surface area (TPSA) is 40.5 Å². The van der Waals surface area contributed by atoms with E-state index in [0.29, 0.717) is 6.04 Å². The standard InChI is InChI=1S/C15H19NO2/c1-4-11-16(12(2)3)14-8-5-13(6-9-14)7-10-15(17)18/h4-10,12H,1,11H2,2-3H3,(H,17,18)/b10-7+. The lowest BCUT2D eigenvalue weighted by molar-refractivity contribution is -0.131. The van der Waals surface area contributed by atoms with Crippen LogP contribution < -0.4 is 4.90 Å². The van der Waals surface area contributed by atoms with Crippen LogP contribution in [-0.2, 0) is 4.79 Å². The molecule has 0 unspecified atom stereocenters. The highest BCUT2D eigenvalue weighted by molar-refractivity contribution is 5.85. The minimum absolute atomic E-state index is 0.392. The van der Waals surface area contributed by atoms with Gasteiger partial charge in [-0.3, -0.25) is 0 Å². The van der Waals surface area contributed by atoms with E-state index in [1.54, 1.807) is 6.08 Å². The second-order valence-electron chi connectivity index (χ2n) is 4.30. The molecule has 0 aromatic heterocycles. The maximum absolute atomic E-state index is 10.4. The zero-order valence-corrected chi connectivity index (χ0v) is 10.8. The van der Waals surface area contributed by atoms with Gasteiger partial charge in [0.25, 0.3) is 0 Å². The Balaban J connectivity index is 2.86. The largest absolute Gasteiger partial charge is 0.478 e. The number of hydrogen-bond donors (Lipinski definition) is 1. The molecular weight excluding hydrogens is 226 g/mol. The maximum atomic E-state index is 10.4. The van der Waals surface area contributed by atoms with Gasteiger partial charge in [0.2, 0.25) is 0 Å². The molecule has 0 radical (unpaired) electrons. The molecule has 0 spiro atoms. The van der Waals surface area contributed by atoms with Gasteiger partial charge in [-0.1, -0.05) is 18.2 Å². The van der Waals surface area contributed by atoms with E-state index in [9.17, 15) is 4.79 Å². The lowest BCUT2D eigenvalue weighted by Gasteiger charge is -2.27. The summed E-state index contributed by atoms with van der Waals surface area (Å²) in [5, 5.41) is 8.55. The molecular formula is C15H19NO2. The molecule has 0 aliphatic heterocycles. The highest BCUT2D eigenvalue weighted by Crippen LogP contribution is 2.18. The molecule has 0 atom stereocenters. The Morgan fingerprint density at radius 3 is 2.44 bits per heavy atom. The molecule has 3 nitrogen and oxygen atoms in total. The molecule has 1 N–H and O–H groups in total. The summed E-state index contributed by atoms with van der Waals surface area (Å²) in [6.07, 6.45) is 4.59. The van der Waals surface area contributed by atoms with Gasteiger partial charge in [0.1, 0.15) is 0 Å². The van der Waals surface area contributed by atoms with Crippen LogP contribution in [0.3, 0.4) is 0 Å². The van der Waals surface area contributed by atoms with Crippen molar-refractivity contribution in [2.24, 2.45) is 0 Å². The van der Waals surface area contributed by atoms with E-state index in [4.69, 9.17) is 5.11 Å². The average molecular weight is 245 g/mol. The first kappa shape index (κ1) is 14.0. The summed E-state index contributed by atoms with van der Waals surface area (Å²) in [5.41, 5.74) is 1.99. The van der Waals surface area contributed by atoms with Crippen molar-refractivity contribution in [1.29, 1.82) is 0 Å². The molecule has 0 fully saturated rings. The third-order valence-corrected chi connectivity index (χ3v) is 2.59. The van der Waals surface area contributed by atoms with Gasteiger partial charge in [-0.15, -0.1) is 6.58 Å². The SMILES string of the molecule is C=CCN(c1ccc(/C=C/C(=O)O)cc1)C(C)C. The van der Waals surface area contributed by atoms with E-state index >= 15 is 0 Å². The van der Waals surface area contributed by atoms with E-state index in [2.05, 4.69) is 25.3 Å². The molecule has 0 aliphatic rings. The van der Waals surface area contributed by atoms with Crippen molar-refractivity contribution in [2.45, 2.75) is 19.9 Å². The number of aliphatic carboxylic acids is 1. The van der Waals surface area contributed by atoms with Gasteiger partial charge in [-0.25, -0.2) is 4.79 Å². The molecule has 0 bridgehead atoms. The van der Waals surface area contributed by atoms with Crippen LogP contribution in [0.2, 0.25) is 0 Å². The van der Waals surface area contributed by atoms with Crippen LogP contribution in [0.4, 0.5) is 5.69 Å². The number of anilines is 1. The predicted molar refractivity (Wildman–Crippen MR) is 75.8 cm³/mol. The summed E-state index contributed by atoms with van der Waals surface area (Å²) in [6, 6.07) is 8.19. The molecule has 1 aromatic carbocycles. The summed E-state index contributed by atoms with van der Waals surface area (Å²) in [6.45, 7) is 8.80. The van der Waals surface area contributed by atoms with Gasteiger partial charge in [0.05, 0.1) is 0 Å². The second-order valence-corrected chi connectivity index (χ2v) is 4.30. The highest BCUT2D eigenvalue weighted by Gasteiger charge is 2.07. The summed E-state index contributed by atoms with van der Waals surface area (Å²) in [7, 11) is 0. The first-order valence-corrected chi connectivity index (χ1v) is 5.93. The second kappa shape index (κ2) is 6.64. The number of rotatable bonds is 6. The van der Waals surface area contributed by atoms with E-state index in [-0.39, 0.29) is 0 Å². The molecule has 0 heterocycles. The summed E-state index contributed by atoms with van der Waals surface area (Å²) in [5.74, 6) is -0.936. The zero-order chi connectivity index (χ0) is 13.5.